The Morgan fingerprint density at radius 3 is 2.59 bits per heavy atom. The molecule has 13 heteroatoms. The summed E-state index contributed by atoms with van der Waals surface area (Å²) in [5.74, 6) is 1.12. The van der Waals surface area contributed by atoms with E-state index in [1.54, 1.807) is 4.90 Å². The van der Waals surface area contributed by atoms with E-state index in [1.165, 1.54) is 18.5 Å². The van der Waals surface area contributed by atoms with E-state index in [-0.39, 0.29) is 39.8 Å². The average molecular weight is 649 g/mol. The van der Waals surface area contributed by atoms with E-state index >= 15 is 0 Å². The van der Waals surface area contributed by atoms with E-state index in [0.29, 0.717) is 61.1 Å². The van der Waals surface area contributed by atoms with Crippen molar-refractivity contribution < 1.29 is 28.1 Å². The molecule has 0 radical (unpaired) electrons. The lowest BCUT2D eigenvalue weighted by molar-refractivity contribution is -0.0935. The minimum atomic E-state index is -0.678. The molecule has 7 rings (SSSR count). The topological polar surface area (TPSA) is 98.3 Å². The van der Waals surface area contributed by atoms with Crippen molar-refractivity contribution in [3.05, 3.63) is 46.5 Å². The molecule has 2 aromatic carbocycles. The molecule has 3 aromatic rings. The van der Waals surface area contributed by atoms with Crippen LogP contribution in [-0.4, -0.2) is 90.1 Å². The SMILES string of the molecule is CC(C)(C)OC(=O)N1C[C@H]2C[C@@H](C1)[C@H]2Oc1cc2c(Nc3ccc(Cl)c(Cl)c3F)ncnc2cc1OCCN1CCOCC1. The summed E-state index contributed by atoms with van der Waals surface area (Å²) >= 11 is 12.0. The largest absolute Gasteiger partial charge is 0.488 e. The Morgan fingerprint density at radius 2 is 1.86 bits per heavy atom. The summed E-state index contributed by atoms with van der Waals surface area (Å²) in [6.07, 6.45) is 1.98. The lowest BCUT2D eigenvalue weighted by Crippen LogP contribution is -2.62. The number of ether oxygens (including phenoxy) is 4. The van der Waals surface area contributed by atoms with Crippen LogP contribution in [0.1, 0.15) is 27.2 Å². The van der Waals surface area contributed by atoms with Gasteiger partial charge < -0.3 is 29.2 Å². The number of aromatic nitrogens is 2. The van der Waals surface area contributed by atoms with Crippen LogP contribution >= 0.6 is 23.2 Å². The van der Waals surface area contributed by atoms with Gasteiger partial charge in [0, 0.05) is 56.0 Å². The quantitative estimate of drug-likeness (QED) is 0.288. The predicted molar refractivity (Wildman–Crippen MR) is 166 cm³/mol. The van der Waals surface area contributed by atoms with E-state index in [4.69, 9.17) is 42.1 Å². The zero-order valence-corrected chi connectivity index (χ0v) is 26.5. The second-order valence-corrected chi connectivity index (χ2v) is 13.2. The normalized spacial score (nSPS) is 22.0. The highest BCUT2D eigenvalue weighted by atomic mass is 35.5. The van der Waals surface area contributed by atoms with Crippen molar-refractivity contribution in [1.29, 1.82) is 0 Å². The summed E-state index contributed by atoms with van der Waals surface area (Å²) in [6.45, 7) is 11.0. The summed E-state index contributed by atoms with van der Waals surface area (Å²) in [5, 5.41) is 3.60. The number of rotatable bonds is 8. The fraction of sp³-hybridized carbons (Fsp3) is 0.516. The molecule has 3 saturated heterocycles. The maximum Gasteiger partial charge on any atom is 0.410 e. The smallest absolute Gasteiger partial charge is 0.410 e. The first-order chi connectivity index (χ1) is 21.1. The molecule has 44 heavy (non-hydrogen) atoms. The van der Waals surface area contributed by atoms with Crippen LogP contribution in [0.15, 0.2) is 30.6 Å². The Kier molecular flexibility index (Phi) is 8.92. The Balaban J connectivity index is 1.25. The molecule has 1 aliphatic carbocycles. The number of benzene rings is 2. The fourth-order valence-electron chi connectivity index (χ4n) is 5.89. The maximum absolute atomic E-state index is 14.9. The molecule has 236 valence electrons. The molecule has 0 spiro atoms. The van der Waals surface area contributed by atoms with Gasteiger partial charge in [-0.15, -0.1) is 0 Å². The lowest BCUT2D eigenvalue weighted by Gasteiger charge is -2.52. The number of amides is 1. The standard InChI is InChI=1S/C31H36Cl2FN5O5/c1-31(2,3)44-30(40)39-15-18-12-19(16-39)28(18)43-25-13-20-23(14-24(25)42-11-8-38-6-9-41-10-7-38)35-17-36-29(20)37-22-5-4-21(32)26(33)27(22)34/h4-5,13-14,17-19,28H,6-12,15-16H2,1-3H3,(H,35,36,37)/t18-,19+,28+. The van der Waals surface area contributed by atoms with Crippen molar-refractivity contribution in [2.45, 2.75) is 38.9 Å². The number of hydrogen-bond donors (Lipinski definition) is 1. The van der Waals surface area contributed by atoms with Gasteiger partial charge in [0.2, 0.25) is 0 Å². The third-order valence-electron chi connectivity index (χ3n) is 8.12. The average Bonchev–Trinajstić information content (AvgIpc) is 3.00. The molecule has 1 aromatic heterocycles. The molecule has 3 atom stereocenters. The Morgan fingerprint density at radius 1 is 1.11 bits per heavy atom. The molecule has 1 N–H and O–H groups in total. The maximum atomic E-state index is 14.9. The zero-order chi connectivity index (χ0) is 31.0. The molecular formula is C31H36Cl2FN5O5. The summed E-state index contributed by atoms with van der Waals surface area (Å²) < 4.78 is 38.9. The van der Waals surface area contributed by atoms with Crippen LogP contribution in [0.5, 0.6) is 11.5 Å². The molecule has 4 aliphatic rings. The number of nitrogens with zero attached hydrogens (tertiary/aromatic N) is 4. The van der Waals surface area contributed by atoms with E-state index in [0.717, 1.165) is 26.1 Å². The van der Waals surface area contributed by atoms with Crippen molar-refractivity contribution in [3.8, 4) is 11.5 Å². The fourth-order valence-corrected chi connectivity index (χ4v) is 6.20. The third kappa shape index (κ3) is 6.75. The molecule has 1 saturated carbocycles. The van der Waals surface area contributed by atoms with Crippen molar-refractivity contribution in [2.75, 3.05) is 57.9 Å². The number of nitrogens with one attached hydrogen (secondary N) is 1. The summed E-state index contributed by atoms with van der Waals surface area (Å²) in [6, 6.07) is 6.67. The minimum Gasteiger partial charge on any atom is -0.488 e. The highest BCUT2D eigenvalue weighted by Crippen LogP contribution is 2.45. The van der Waals surface area contributed by atoms with Crippen LogP contribution in [0, 0.1) is 17.7 Å². The van der Waals surface area contributed by atoms with Crippen molar-refractivity contribution in [2.24, 2.45) is 11.8 Å². The van der Waals surface area contributed by atoms with Gasteiger partial charge in [-0.2, -0.15) is 0 Å². The minimum absolute atomic E-state index is 0.0960. The van der Waals surface area contributed by atoms with E-state index < -0.39 is 11.4 Å². The number of hydrogen-bond acceptors (Lipinski definition) is 9. The van der Waals surface area contributed by atoms with Gasteiger partial charge in [0.1, 0.15) is 30.5 Å². The van der Waals surface area contributed by atoms with E-state index in [9.17, 15) is 9.18 Å². The van der Waals surface area contributed by atoms with Gasteiger partial charge in [-0.3, -0.25) is 4.90 Å². The van der Waals surface area contributed by atoms with Gasteiger partial charge in [0.15, 0.2) is 17.3 Å². The molecule has 4 fully saturated rings. The van der Waals surface area contributed by atoms with Gasteiger partial charge in [-0.05, 0) is 45.4 Å². The van der Waals surface area contributed by atoms with E-state index in [1.807, 2.05) is 32.9 Å². The summed E-state index contributed by atoms with van der Waals surface area (Å²) in [7, 11) is 0. The highest BCUT2D eigenvalue weighted by Gasteiger charge is 2.50. The molecule has 2 bridgehead atoms. The summed E-state index contributed by atoms with van der Waals surface area (Å²) in [5.41, 5.74) is 0.173. The van der Waals surface area contributed by atoms with Gasteiger partial charge in [-0.1, -0.05) is 23.2 Å². The number of morpholine rings is 1. The van der Waals surface area contributed by atoms with Crippen LogP contribution in [0.2, 0.25) is 10.0 Å². The Bertz CT molecular complexity index is 1520. The highest BCUT2D eigenvalue weighted by molar-refractivity contribution is 6.42. The molecule has 1 amide bonds. The number of carbonyl (C=O) groups is 1. The first-order valence-electron chi connectivity index (χ1n) is 14.8. The Hall–Kier alpha value is -3.12. The molecule has 3 aliphatic heterocycles. The van der Waals surface area contributed by atoms with Gasteiger partial charge in [-0.25, -0.2) is 19.2 Å². The third-order valence-corrected chi connectivity index (χ3v) is 8.90. The number of fused-ring (bicyclic) bond motifs is 3. The molecule has 4 heterocycles. The predicted octanol–water partition coefficient (Wildman–Crippen LogP) is 6.16. The number of halogens is 3. The van der Waals surface area contributed by atoms with Crippen LogP contribution in [0.25, 0.3) is 10.9 Å². The van der Waals surface area contributed by atoms with Gasteiger partial charge >= 0.3 is 6.09 Å². The monoisotopic (exact) mass is 647 g/mol. The zero-order valence-electron chi connectivity index (χ0n) is 24.9. The molecular weight excluding hydrogens is 612 g/mol. The second kappa shape index (κ2) is 12.7. The first kappa shape index (κ1) is 30.9. The van der Waals surface area contributed by atoms with Crippen molar-refractivity contribution in [1.82, 2.24) is 19.8 Å². The van der Waals surface area contributed by atoms with Gasteiger partial charge in [0.25, 0.3) is 0 Å². The molecule has 0 unspecified atom stereocenters. The van der Waals surface area contributed by atoms with Crippen LogP contribution in [0.3, 0.4) is 0 Å². The number of carbonyl (C=O) groups excluding carboxylic acids is 1. The van der Waals surface area contributed by atoms with Crippen LogP contribution in [0.4, 0.5) is 20.7 Å². The van der Waals surface area contributed by atoms with Gasteiger partial charge in [0.05, 0.1) is 34.5 Å². The number of anilines is 2. The lowest BCUT2D eigenvalue weighted by atomic mass is 9.68. The van der Waals surface area contributed by atoms with Crippen molar-refractivity contribution >= 4 is 51.7 Å². The Labute approximate surface area is 265 Å². The number of piperidine rings is 2. The first-order valence-corrected chi connectivity index (χ1v) is 15.6. The van der Waals surface area contributed by atoms with Crippen LogP contribution < -0.4 is 14.8 Å². The second-order valence-electron chi connectivity index (χ2n) is 12.4. The summed E-state index contributed by atoms with van der Waals surface area (Å²) in [4.78, 5) is 25.6. The van der Waals surface area contributed by atoms with Crippen molar-refractivity contribution in [3.63, 3.8) is 0 Å². The van der Waals surface area contributed by atoms with E-state index in [2.05, 4.69) is 20.2 Å². The van der Waals surface area contributed by atoms with Crippen LogP contribution in [-0.2, 0) is 9.47 Å². The molecule has 10 nitrogen and oxygen atoms in total.